The number of benzene rings is 6. The Morgan fingerprint density at radius 2 is 1.08 bits per heavy atom. The van der Waals surface area contributed by atoms with Crippen LogP contribution in [0.3, 0.4) is 0 Å². The molecule has 0 unspecified atom stereocenters. The molecule has 0 aliphatic heterocycles. The Hall–Kier alpha value is -4.56. The SMILES string of the molecule is Cc1ccc2cc(N(c3ccc4c(c3)C(C)(C)c3ccccc3-4)c3ccc4cc(N)ccc4c3)ccc2c1. The maximum absolute atomic E-state index is 6.07. The number of nitrogens with two attached hydrogens (primary N) is 1. The van der Waals surface area contributed by atoms with E-state index >= 15 is 0 Å². The van der Waals surface area contributed by atoms with Gasteiger partial charge in [0.15, 0.2) is 0 Å². The molecule has 2 heteroatoms. The van der Waals surface area contributed by atoms with Crippen LogP contribution in [0, 0.1) is 6.92 Å². The minimum absolute atomic E-state index is 0.0601. The van der Waals surface area contributed by atoms with Crippen LogP contribution >= 0.6 is 0 Å². The Balaban J connectivity index is 1.44. The molecule has 0 saturated carbocycles. The Labute approximate surface area is 224 Å². The number of rotatable bonds is 3. The van der Waals surface area contributed by atoms with E-state index in [2.05, 4.69) is 129 Å². The monoisotopic (exact) mass is 490 g/mol. The highest BCUT2D eigenvalue weighted by Crippen LogP contribution is 2.50. The van der Waals surface area contributed by atoms with Gasteiger partial charge < -0.3 is 10.6 Å². The molecule has 0 spiro atoms. The largest absolute Gasteiger partial charge is 0.399 e. The van der Waals surface area contributed by atoms with Gasteiger partial charge in [0.25, 0.3) is 0 Å². The van der Waals surface area contributed by atoms with Crippen molar-refractivity contribution in [2.45, 2.75) is 26.2 Å². The first-order valence-corrected chi connectivity index (χ1v) is 13.2. The van der Waals surface area contributed by atoms with Gasteiger partial charge in [0.05, 0.1) is 0 Å². The molecule has 0 atom stereocenters. The summed E-state index contributed by atoms with van der Waals surface area (Å²) in [4.78, 5) is 2.38. The normalized spacial score (nSPS) is 13.4. The third kappa shape index (κ3) is 3.48. The topological polar surface area (TPSA) is 29.3 Å². The van der Waals surface area contributed by atoms with Gasteiger partial charge in [0, 0.05) is 28.2 Å². The van der Waals surface area contributed by atoms with Crippen LogP contribution < -0.4 is 10.6 Å². The molecule has 0 amide bonds. The van der Waals surface area contributed by atoms with Crippen molar-refractivity contribution < 1.29 is 0 Å². The molecule has 6 aromatic carbocycles. The van der Waals surface area contributed by atoms with Gasteiger partial charge in [-0.1, -0.05) is 86.1 Å². The summed E-state index contributed by atoms with van der Waals surface area (Å²) in [5.74, 6) is 0. The summed E-state index contributed by atoms with van der Waals surface area (Å²) in [5, 5.41) is 4.81. The zero-order valence-electron chi connectivity index (χ0n) is 22.0. The van der Waals surface area contributed by atoms with Crippen molar-refractivity contribution in [2.75, 3.05) is 10.6 Å². The molecule has 1 aliphatic rings. The Kier molecular flexibility index (Phi) is 4.90. The highest BCUT2D eigenvalue weighted by atomic mass is 15.1. The summed E-state index contributed by atoms with van der Waals surface area (Å²) < 4.78 is 0. The fourth-order valence-corrected chi connectivity index (χ4v) is 6.16. The number of nitrogens with zero attached hydrogens (tertiary/aromatic N) is 1. The van der Waals surface area contributed by atoms with Crippen LogP contribution in [-0.2, 0) is 5.41 Å². The molecule has 0 bridgehead atoms. The lowest BCUT2D eigenvalue weighted by atomic mass is 9.82. The molecule has 0 fully saturated rings. The van der Waals surface area contributed by atoms with Crippen molar-refractivity contribution in [1.82, 2.24) is 0 Å². The van der Waals surface area contributed by atoms with Crippen molar-refractivity contribution in [3.63, 3.8) is 0 Å². The zero-order chi connectivity index (χ0) is 26.0. The molecule has 2 nitrogen and oxygen atoms in total. The van der Waals surface area contributed by atoms with Crippen molar-refractivity contribution in [3.05, 3.63) is 132 Å². The third-order valence-corrected chi connectivity index (χ3v) is 8.17. The lowest BCUT2D eigenvalue weighted by molar-refractivity contribution is 0.660. The predicted molar refractivity (Wildman–Crippen MR) is 163 cm³/mol. The molecule has 7 rings (SSSR count). The molecular weight excluding hydrogens is 460 g/mol. The van der Waals surface area contributed by atoms with Gasteiger partial charge in [-0.25, -0.2) is 0 Å². The van der Waals surface area contributed by atoms with Crippen LogP contribution in [0.2, 0.25) is 0 Å². The second kappa shape index (κ2) is 8.22. The maximum atomic E-state index is 6.07. The van der Waals surface area contributed by atoms with E-state index in [1.54, 1.807) is 0 Å². The highest BCUT2D eigenvalue weighted by Gasteiger charge is 2.35. The molecule has 0 heterocycles. The van der Waals surface area contributed by atoms with Crippen LogP contribution in [-0.4, -0.2) is 0 Å². The van der Waals surface area contributed by atoms with Gasteiger partial charge in [-0.15, -0.1) is 0 Å². The summed E-state index contributed by atoms with van der Waals surface area (Å²) in [6.45, 7) is 6.82. The molecule has 38 heavy (non-hydrogen) atoms. The summed E-state index contributed by atoms with van der Waals surface area (Å²) in [6, 6.07) is 42.0. The van der Waals surface area contributed by atoms with E-state index in [-0.39, 0.29) is 5.41 Å². The molecule has 2 N–H and O–H groups in total. The lowest BCUT2D eigenvalue weighted by Gasteiger charge is -2.28. The van der Waals surface area contributed by atoms with Gasteiger partial charge in [-0.3, -0.25) is 0 Å². The summed E-state index contributed by atoms with van der Waals surface area (Å²) in [6.07, 6.45) is 0. The second-order valence-corrected chi connectivity index (χ2v) is 11.1. The minimum Gasteiger partial charge on any atom is -0.399 e. The fourth-order valence-electron chi connectivity index (χ4n) is 6.16. The van der Waals surface area contributed by atoms with Crippen LogP contribution in [0.4, 0.5) is 22.7 Å². The van der Waals surface area contributed by atoms with E-state index in [9.17, 15) is 0 Å². The van der Waals surface area contributed by atoms with E-state index in [0.717, 1.165) is 28.1 Å². The zero-order valence-corrected chi connectivity index (χ0v) is 22.0. The first kappa shape index (κ1) is 22.6. The molecule has 0 aromatic heterocycles. The van der Waals surface area contributed by atoms with Gasteiger partial charge in [0.2, 0.25) is 0 Å². The quantitative estimate of drug-likeness (QED) is 0.250. The van der Waals surface area contributed by atoms with E-state index < -0.39 is 0 Å². The Bertz CT molecular complexity index is 1790. The van der Waals surface area contributed by atoms with E-state index in [1.165, 1.54) is 44.0 Å². The lowest BCUT2D eigenvalue weighted by Crippen LogP contribution is -2.16. The van der Waals surface area contributed by atoms with Gasteiger partial charge >= 0.3 is 0 Å². The van der Waals surface area contributed by atoms with Crippen molar-refractivity contribution in [1.29, 1.82) is 0 Å². The average molecular weight is 491 g/mol. The van der Waals surface area contributed by atoms with Crippen LogP contribution in [0.1, 0.15) is 30.5 Å². The second-order valence-electron chi connectivity index (χ2n) is 11.1. The Morgan fingerprint density at radius 3 is 1.84 bits per heavy atom. The van der Waals surface area contributed by atoms with E-state index in [0.29, 0.717) is 0 Å². The van der Waals surface area contributed by atoms with Crippen LogP contribution in [0.15, 0.2) is 115 Å². The highest BCUT2D eigenvalue weighted by molar-refractivity contribution is 5.94. The average Bonchev–Trinajstić information content (AvgIpc) is 3.15. The first-order valence-electron chi connectivity index (χ1n) is 13.2. The maximum Gasteiger partial charge on any atom is 0.0468 e. The van der Waals surface area contributed by atoms with Gasteiger partial charge in [-0.05, 0) is 99.3 Å². The number of fused-ring (bicyclic) bond motifs is 5. The molecule has 6 aromatic rings. The summed E-state index contributed by atoms with van der Waals surface area (Å²) in [5.41, 5.74) is 16.9. The number of aryl methyl sites for hydroxylation is 1. The van der Waals surface area contributed by atoms with Crippen molar-refractivity contribution in [2.24, 2.45) is 0 Å². The summed E-state index contributed by atoms with van der Waals surface area (Å²) in [7, 11) is 0. The minimum atomic E-state index is -0.0601. The number of anilines is 4. The van der Waals surface area contributed by atoms with Crippen LogP contribution in [0.5, 0.6) is 0 Å². The van der Waals surface area contributed by atoms with Gasteiger partial charge in [-0.2, -0.15) is 0 Å². The van der Waals surface area contributed by atoms with E-state index in [4.69, 9.17) is 5.73 Å². The molecule has 0 saturated heterocycles. The third-order valence-electron chi connectivity index (χ3n) is 8.17. The van der Waals surface area contributed by atoms with E-state index in [1.807, 2.05) is 12.1 Å². The molecular formula is C36H30N2. The Morgan fingerprint density at radius 1 is 0.526 bits per heavy atom. The standard InChI is InChI=1S/C36H30N2/c1-23-8-9-26-20-29(14-11-24(26)18-23)38(30-15-12-25-19-28(37)13-10-27(25)21-30)31-16-17-33-32-6-4-5-7-34(32)36(2,3)35(33)22-31/h4-22H,37H2,1-3H3. The number of hydrogen-bond donors (Lipinski definition) is 1. The number of hydrogen-bond acceptors (Lipinski definition) is 2. The van der Waals surface area contributed by atoms with Crippen molar-refractivity contribution in [3.8, 4) is 11.1 Å². The molecule has 184 valence electrons. The van der Waals surface area contributed by atoms with Crippen LogP contribution in [0.25, 0.3) is 32.7 Å². The smallest absolute Gasteiger partial charge is 0.0468 e. The predicted octanol–water partition coefficient (Wildman–Crippen LogP) is 9.66. The summed E-state index contributed by atoms with van der Waals surface area (Å²) >= 11 is 0. The van der Waals surface area contributed by atoms with Crippen molar-refractivity contribution >= 4 is 44.3 Å². The van der Waals surface area contributed by atoms with Gasteiger partial charge in [0.1, 0.15) is 0 Å². The number of nitrogen functional groups attached to an aromatic ring is 1. The fraction of sp³-hybridized carbons (Fsp3) is 0.111. The first-order chi connectivity index (χ1) is 18.4. The molecule has 1 aliphatic carbocycles. The molecule has 0 radical (unpaired) electrons.